The molecule has 4 rings (SSSR count). The maximum absolute atomic E-state index is 6.19. The highest BCUT2D eigenvalue weighted by atomic mass is 35.5. The van der Waals surface area contributed by atoms with Crippen LogP contribution in [0.3, 0.4) is 0 Å². The molecule has 1 N–H and O–H groups in total. The summed E-state index contributed by atoms with van der Waals surface area (Å²) < 4.78 is 7.74. The smallest absolute Gasteiger partial charge is 0.150 e. The predicted octanol–water partition coefficient (Wildman–Crippen LogP) is 5.20. The van der Waals surface area contributed by atoms with E-state index >= 15 is 0 Å². The Hall–Kier alpha value is -2.79. The summed E-state index contributed by atoms with van der Waals surface area (Å²) >= 11 is 6.19. The van der Waals surface area contributed by atoms with Crippen LogP contribution in [0, 0.1) is 20.8 Å². The molecule has 0 aliphatic heterocycles. The first kappa shape index (κ1) is 16.7. The van der Waals surface area contributed by atoms with Gasteiger partial charge in [0.1, 0.15) is 23.7 Å². The normalized spacial score (nSPS) is 11.2. The number of aryl methyl sites for hydroxylation is 2. The fourth-order valence-electron chi connectivity index (χ4n) is 3.21. The lowest BCUT2D eigenvalue weighted by Crippen LogP contribution is -2.02. The molecule has 0 unspecified atom stereocenters. The average Bonchev–Trinajstić information content (AvgIpc) is 3.15. The molecule has 0 aliphatic carbocycles. The van der Waals surface area contributed by atoms with Gasteiger partial charge in [-0.1, -0.05) is 17.7 Å². The van der Waals surface area contributed by atoms with Crippen molar-refractivity contribution in [2.24, 2.45) is 0 Å². The van der Waals surface area contributed by atoms with E-state index in [2.05, 4.69) is 33.7 Å². The van der Waals surface area contributed by atoms with Gasteiger partial charge >= 0.3 is 0 Å². The standard InChI is InChI=1S/C20H19ClN4O/c1-12-7-8-17(26-12)10-22-19-18-13(2)14(3)25(20(18)24-11-23-19)16-6-4-5-15(21)9-16/h4-9,11H,10H2,1-3H3,(H,22,23,24). The Balaban J connectivity index is 1.80. The summed E-state index contributed by atoms with van der Waals surface area (Å²) in [5.74, 6) is 2.57. The second-order valence-electron chi connectivity index (χ2n) is 6.31. The molecule has 6 heteroatoms. The van der Waals surface area contributed by atoms with E-state index in [9.17, 15) is 0 Å². The number of nitrogens with one attached hydrogen (secondary N) is 1. The molecule has 0 saturated carbocycles. The van der Waals surface area contributed by atoms with Crippen LogP contribution in [0.25, 0.3) is 16.7 Å². The van der Waals surface area contributed by atoms with Gasteiger partial charge in [0, 0.05) is 16.4 Å². The van der Waals surface area contributed by atoms with Crippen molar-refractivity contribution in [3.8, 4) is 5.69 Å². The number of aromatic nitrogens is 3. The van der Waals surface area contributed by atoms with E-state index in [1.54, 1.807) is 6.33 Å². The number of rotatable bonds is 4. The van der Waals surface area contributed by atoms with Crippen LogP contribution in [0.5, 0.6) is 0 Å². The summed E-state index contributed by atoms with van der Waals surface area (Å²) in [5, 5.41) is 5.08. The lowest BCUT2D eigenvalue weighted by atomic mass is 10.2. The first-order valence-corrected chi connectivity index (χ1v) is 8.80. The third-order valence-corrected chi connectivity index (χ3v) is 4.82. The molecule has 26 heavy (non-hydrogen) atoms. The molecule has 0 fully saturated rings. The molecular formula is C20H19ClN4O. The molecule has 0 bridgehead atoms. The molecule has 0 saturated heterocycles. The monoisotopic (exact) mass is 366 g/mol. The first-order valence-electron chi connectivity index (χ1n) is 8.42. The Bertz CT molecular complexity index is 1100. The minimum absolute atomic E-state index is 0.570. The zero-order chi connectivity index (χ0) is 18.3. The van der Waals surface area contributed by atoms with Gasteiger partial charge in [0.15, 0.2) is 5.65 Å². The number of fused-ring (bicyclic) bond motifs is 1. The van der Waals surface area contributed by atoms with E-state index < -0.39 is 0 Å². The number of anilines is 1. The number of hydrogen-bond acceptors (Lipinski definition) is 4. The average molecular weight is 367 g/mol. The van der Waals surface area contributed by atoms with Gasteiger partial charge in [0.2, 0.25) is 0 Å². The van der Waals surface area contributed by atoms with Crippen LogP contribution in [-0.4, -0.2) is 14.5 Å². The van der Waals surface area contributed by atoms with Crippen LogP contribution < -0.4 is 5.32 Å². The first-order chi connectivity index (χ1) is 12.5. The molecule has 5 nitrogen and oxygen atoms in total. The fraction of sp³-hybridized carbons (Fsp3) is 0.200. The zero-order valence-corrected chi connectivity index (χ0v) is 15.6. The Kier molecular flexibility index (Phi) is 4.17. The lowest BCUT2D eigenvalue weighted by Gasteiger charge is -2.09. The highest BCUT2D eigenvalue weighted by molar-refractivity contribution is 6.30. The molecule has 0 atom stereocenters. The molecule has 0 spiro atoms. The molecule has 3 heterocycles. The highest BCUT2D eigenvalue weighted by Crippen LogP contribution is 2.32. The lowest BCUT2D eigenvalue weighted by molar-refractivity contribution is 0.490. The topological polar surface area (TPSA) is 55.9 Å². The Morgan fingerprint density at radius 1 is 1.12 bits per heavy atom. The maximum atomic E-state index is 6.19. The zero-order valence-electron chi connectivity index (χ0n) is 14.9. The van der Waals surface area contributed by atoms with Gasteiger partial charge in [-0.25, -0.2) is 9.97 Å². The number of furan rings is 1. The van der Waals surface area contributed by atoms with Crippen molar-refractivity contribution in [1.82, 2.24) is 14.5 Å². The maximum Gasteiger partial charge on any atom is 0.150 e. The Morgan fingerprint density at radius 2 is 1.96 bits per heavy atom. The van der Waals surface area contributed by atoms with Gasteiger partial charge < -0.3 is 9.73 Å². The van der Waals surface area contributed by atoms with E-state index in [0.717, 1.165) is 45.3 Å². The second kappa shape index (κ2) is 6.50. The van der Waals surface area contributed by atoms with Crippen molar-refractivity contribution in [2.45, 2.75) is 27.3 Å². The number of halogens is 1. The third kappa shape index (κ3) is 2.84. The summed E-state index contributed by atoms with van der Waals surface area (Å²) in [6.45, 7) is 6.67. The van der Waals surface area contributed by atoms with Crippen molar-refractivity contribution in [2.75, 3.05) is 5.32 Å². The van der Waals surface area contributed by atoms with E-state index in [4.69, 9.17) is 16.0 Å². The third-order valence-electron chi connectivity index (χ3n) is 4.58. The SMILES string of the molecule is Cc1ccc(CNc2ncnc3c2c(C)c(C)n3-c2cccc(Cl)c2)o1. The molecular weight excluding hydrogens is 348 g/mol. The number of benzene rings is 1. The van der Waals surface area contributed by atoms with Gasteiger partial charge in [-0.05, 0) is 56.7 Å². The largest absolute Gasteiger partial charge is 0.465 e. The van der Waals surface area contributed by atoms with Gasteiger partial charge in [0.25, 0.3) is 0 Å². The van der Waals surface area contributed by atoms with E-state index in [-0.39, 0.29) is 0 Å². The minimum atomic E-state index is 0.570. The van der Waals surface area contributed by atoms with Crippen molar-refractivity contribution >= 4 is 28.5 Å². The second-order valence-corrected chi connectivity index (χ2v) is 6.75. The van der Waals surface area contributed by atoms with Crippen LogP contribution in [0.1, 0.15) is 22.8 Å². The van der Waals surface area contributed by atoms with Gasteiger partial charge in [0.05, 0.1) is 11.9 Å². The quantitative estimate of drug-likeness (QED) is 0.539. The van der Waals surface area contributed by atoms with Crippen LogP contribution in [0.4, 0.5) is 5.82 Å². The van der Waals surface area contributed by atoms with Crippen LogP contribution in [0.15, 0.2) is 47.1 Å². The highest BCUT2D eigenvalue weighted by Gasteiger charge is 2.17. The molecule has 0 aliphatic rings. The molecule has 3 aromatic heterocycles. The van der Waals surface area contributed by atoms with Crippen LogP contribution >= 0.6 is 11.6 Å². The summed E-state index contributed by atoms with van der Waals surface area (Å²) in [4.78, 5) is 8.99. The van der Waals surface area contributed by atoms with E-state index in [1.165, 1.54) is 0 Å². The molecule has 1 aromatic carbocycles. The van der Waals surface area contributed by atoms with Crippen molar-refractivity contribution < 1.29 is 4.42 Å². The number of hydrogen-bond donors (Lipinski definition) is 1. The van der Waals surface area contributed by atoms with Gasteiger partial charge in [-0.3, -0.25) is 4.57 Å². The Labute approximate surface area is 156 Å². The summed E-state index contributed by atoms with van der Waals surface area (Å²) in [6.07, 6.45) is 1.58. The van der Waals surface area contributed by atoms with Crippen LogP contribution in [-0.2, 0) is 6.54 Å². The molecule has 132 valence electrons. The summed E-state index contributed by atoms with van der Waals surface area (Å²) in [5.41, 5.74) is 4.09. The van der Waals surface area contributed by atoms with Gasteiger partial charge in [-0.2, -0.15) is 0 Å². The Morgan fingerprint density at radius 3 is 2.69 bits per heavy atom. The fourth-order valence-corrected chi connectivity index (χ4v) is 3.40. The summed E-state index contributed by atoms with van der Waals surface area (Å²) in [7, 11) is 0. The van der Waals surface area contributed by atoms with Crippen molar-refractivity contribution in [3.05, 3.63) is 70.5 Å². The van der Waals surface area contributed by atoms with E-state index in [0.29, 0.717) is 11.6 Å². The number of nitrogens with zero attached hydrogens (tertiary/aromatic N) is 3. The van der Waals surface area contributed by atoms with Crippen molar-refractivity contribution in [1.29, 1.82) is 0 Å². The van der Waals surface area contributed by atoms with E-state index in [1.807, 2.05) is 43.3 Å². The molecule has 0 radical (unpaired) electrons. The van der Waals surface area contributed by atoms with Crippen molar-refractivity contribution in [3.63, 3.8) is 0 Å². The predicted molar refractivity (Wildman–Crippen MR) is 104 cm³/mol. The van der Waals surface area contributed by atoms with Gasteiger partial charge in [-0.15, -0.1) is 0 Å². The molecule has 4 aromatic rings. The minimum Gasteiger partial charge on any atom is -0.465 e. The molecule has 0 amide bonds. The van der Waals surface area contributed by atoms with Crippen LogP contribution in [0.2, 0.25) is 5.02 Å². The summed E-state index contributed by atoms with van der Waals surface area (Å²) in [6, 6.07) is 11.7.